The number of benzene rings is 3. The van der Waals surface area contributed by atoms with Gasteiger partial charge in [-0.25, -0.2) is 9.18 Å². The summed E-state index contributed by atoms with van der Waals surface area (Å²) >= 11 is 0. The number of hydrogen-bond acceptors (Lipinski definition) is 5. The van der Waals surface area contributed by atoms with E-state index in [1.807, 2.05) is 60.7 Å². The van der Waals surface area contributed by atoms with Gasteiger partial charge in [0.25, 0.3) is 5.56 Å². The predicted octanol–water partition coefficient (Wildman–Crippen LogP) is 4.37. The van der Waals surface area contributed by atoms with Crippen LogP contribution in [0.3, 0.4) is 0 Å². The highest BCUT2D eigenvalue weighted by Gasteiger charge is 2.41. The molecule has 0 aliphatic carbocycles. The molecule has 0 bridgehead atoms. The van der Waals surface area contributed by atoms with Gasteiger partial charge >= 0.3 is 5.69 Å². The highest BCUT2D eigenvalue weighted by Crippen LogP contribution is 2.43. The van der Waals surface area contributed by atoms with Crippen LogP contribution in [-0.2, 0) is 15.1 Å². The maximum atomic E-state index is 15.6. The van der Waals surface area contributed by atoms with Crippen molar-refractivity contribution in [3.63, 3.8) is 0 Å². The highest BCUT2D eigenvalue weighted by atomic mass is 19.1. The first-order valence-electron chi connectivity index (χ1n) is 12.1. The van der Waals surface area contributed by atoms with E-state index in [1.54, 1.807) is 12.1 Å². The van der Waals surface area contributed by atoms with Gasteiger partial charge in [-0.15, -0.1) is 0 Å². The van der Waals surface area contributed by atoms with Crippen molar-refractivity contribution in [1.82, 2.24) is 9.55 Å². The van der Waals surface area contributed by atoms with Gasteiger partial charge in [0.1, 0.15) is 23.4 Å². The van der Waals surface area contributed by atoms with Gasteiger partial charge in [0.2, 0.25) is 0 Å². The first-order valence-corrected chi connectivity index (χ1v) is 12.1. The van der Waals surface area contributed by atoms with Crippen molar-refractivity contribution in [3.8, 4) is 5.75 Å². The average Bonchev–Trinajstić information content (AvgIpc) is 3.40. The molecule has 0 amide bonds. The Morgan fingerprint density at radius 3 is 2.27 bits per heavy atom. The van der Waals surface area contributed by atoms with Crippen LogP contribution in [0.2, 0.25) is 0 Å². The van der Waals surface area contributed by atoms with E-state index in [1.165, 1.54) is 30.0 Å². The molecule has 8 heteroatoms. The molecule has 1 fully saturated rings. The summed E-state index contributed by atoms with van der Waals surface area (Å²) in [5, 5.41) is 0. The van der Waals surface area contributed by atoms with E-state index in [9.17, 15) is 9.59 Å². The third-order valence-electron chi connectivity index (χ3n) is 6.65. The number of nitrogens with one attached hydrogen (secondary N) is 1. The smallest absolute Gasteiger partial charge is 0.330 e. The van der Waals surface area contributed by atoms with Gasteiger partial charge in [0.15, 0.2) is 0 Å². The Labute approximate surface area is 213 Å². The van der Waals surface area contributed by atoms with Crippen molar-refractivity contribution < 1.29 is 18.6 Å². The van der Waals surface area contributed by atoms with Crippen molar-refractivity contribution >= 4 is 0 Å². The number of rotatable bonds is 8. The second kappa shape index (κ2) is 10.5. The van der Waals surface area contributed by atoms with Crippen LogP contribution < -0.4 is 16.0 Å². The second-order valence-corrected chi connectivity index (χ2v) is 8.88. The zero-order chi connectivity index (χ0) is 25.8. The van der Waals surface area contributed by atoms with E-state index in [2.05, 4.69) is 4.98 Å². The topological polar surface area (TPSA) is 82.5 Å². The van der Waals surface area contributed by atoms with Crippen LogP contribution in [0.1, 0.15) is 35.8 Å². The predicted molar refractivity (Wildman–Crippen MR) is 136 cm³/mol. The molecule has 2 atom stereocenters. The van der Waals surface area contributed by atoms with Gasteiger partial charge in [0.05, 0.1) is 19.8 Å². The summed E-state index contributed by atoms with van der Waals surface area (Å²) in [5.74, 6) is 0.0735. The molecule has 0 unspecified atom stereocenters. The molecular weight excluding hydrogens is 475 g/mol. The van der Waals surface area contributed by atoms with E-state index in [-0.39, 0.29) is 12.7 Å². The van der Waals surface area contributed by atoms with Gasteiger partial charge in [-0.2, -0.15) is 0 Å². The molecule has 5 rings (SSSR count). The fourth-order valence-corrected chi connectivity index (χ4v) is 4.85. The molecule has 1 aliphatic heterocycles. The normalized spacial score (nSPS) is 17.6. The molecule has 7 nitrogen and oxygen atoms in total. The number of ether oxygens (including phenoxy) is 3. The molecule has 0 spiro atoms. The van der Waals surface area contributed by atoms with Crippen LogP contribution >= 0.6 is 0 Å². The molecular formula is C29H27FN2O5. The molecule has 190 valence electrons. The van der Waals surface area contributed by atoms with E-state index < -0.39 is 28.9 Å². The molecule has 0 saturated carbocycles. The van der Waals surface area contributed by atoms with Crippen LogP contribution in [0.5, 0.6) is 5.75 Å². The average molecular weight is 503 g/mol. The van der Waals surface area contributed by atoms with E-state index in [0.717, 1.165) is 11.1 Å². The maximum Gasteiger partial charge on any atom is 0.330 e. The van der Waals surface area contributed by atoms with Crippen LogP contribution in [-0.4, -0.2) is 29.4 Å². The van der Waals surface area contributed by atoms with Gasteiger partial charge in [-0.3, -0.25) is 14.3 Å². The van der Waals surface area contributed by atoms with Gasteiger partial charge in [-0.1, -0.05) is 60.7 Å². The van der Waals surface area contributed by atoms with Crippen LogP contribution in [0.25, 0.3) is 0 Å². The van der Waals surface area contributed by atoms with E-state index >= 15 is 4.39 Å². The van der Waals surface area contributed by atoms with Crippen molar-refractivity contribution in [2.45, 2.75) is 30.8 Å². The summed E-state index contributed by atoms with van der Waals surface area (Å²) in [5.41, 5.74) is -0.470. The lowest BCUT2D eigenvalue weighted by atomic mass is 9.79. The molecule has 2 heterocycles. The van der Waals surface area contributed by atoms with E-state index in [0.29, 0.717) is 24.2 Å². The fraction of sp³-hybridized carbons (Fsp3) is 0.241. The van der Waals surface area contributed by atoms with Crippen molar-refractivity contribution in [3.05, 3.63) is 134 Å². The Bertz CT molecular complexity index is 1430. The number of halogens is 1. The lowest BCUT2D eigenvalue weighted by Crippen LogP contribution is -2.37. The monoisotopic (exact) mass is 502 g/mol. The number of nitrogens with zero attached hydrogens (tertiary/aromatic N) is 1. The standard InChI is InChI=1S/C29H27FN2O5/c1-35-22-12-14-25(30)24(18-22)29(20-8-4-2-5-9-20,21-10-6-3-7-11-21)36-19-23-13-15-27(37-23)32-17-16-26(33)31-28(32)34/h2-12,14,16-18,23,27H,13,15,19H2,1H3,(H,31,33,34)/t23-,27+/m0/s1. The molecule has 3 aromatic carbocycles. The Kier molecular flexibility index (Phi) is 7.03. The fourth-order valence-electron chi connectivity index (χ4n) is 4.85. The summed E-state index contributed by atoms with van der Waals surface area (Å²) < 4.78 is 35.3. The number of aromatic nitrogens is 2. The molecule has 1 aliphatic rings. The summed E-state index contributed by atoms with van der Waals surface area (Å²) in [4.78, 5) is 25.9. The second-order valence-electron chi connectivity index (χ2n) is 8.88. The third kappa shape index (κ3) is 4.85. The van der Waals surface area contributed by atoms with Gasteiger partial charge in [-0.05, 0) is 42.2 Å². The van der Waals surface area contributed by atoms with Crippen molar-refractivity contribution in [1.29, 1.82) is 0 Å². The van der Waals surface area contributed by atoms with Crippen molar-refractivity contribution in [2.24, 2.45) is 0 Å². The van der Waals surface area contributed by atoms with Crippen LogP contribution in [0, 0.1) is 5.82 Å². The molecule has 1 aromatic heterocycles. The number of hydrogen-bond donors (Lipinski definition) is 1. The Balaban J connectivity index is 1.54. The highest BCUT2D eigenvalue weighted by molar-refractivity contribution is 5.50. The first kappa shape index (κ1) is 24.7. The molecule has 0 radical (unpaired) electrons. The Morgan fingerprint density at radius 2 is 1.65 bits per heavy atom. The minimum absolute atomic E-state index is 0.134. The summed E-state index contributed by atoms with van der Waals surface area (Å²) in [6.45, 7) is 0.134. The van der Waals surface area contributed by atoms with Gasteiger partial charge in [0, 0.05) is 17.8 Å². The third-order valence-corrected chi connectivity index (χ3v) is 6.65. The summed E-state index contributed by atoms with van der Waals surface area (Å²) in [6.07, 6.45) is 1.73. The molecule has 37 heavy (non-hydrogen) atoms. The first-order chi connectivity index (χ1) is 18.0. The largest absolute Gasteiger partial charge is 0.497 e. The van der Waals surface area contributed by atoms with Crippen molar-refractivity contribution in [2.75, 3.05) is 13.7 Å². The molecule has 1 saturated heterocycles. The quantitative estimate of drug-likeness (QED) is 0.362. The molecule has 1 N–H and O–H groups in total. The minimum Gasteiger partial charge on any atom is -0.497 e. The number of methoxy groups -OCH3 is 1. The molecule has 4 aromatic rings. The van der Waals surface area contributed by atoms with Crippen LogP contribution in [0.15, 0.2) is 101 Å². The zero-order valence-corrected chi connectivity index (χ0v) is 20.3. The Hall–Kier alpha value is -4.01. The number of aromatic amines is 1. The van der Waals surface area contributed by atoms with Gasteiger partial charge < -0.3 is 14.2 Å². The maximum absolute atomic E-state index is 15.6. The minimum atomic E-state index is -1.29. The lowest BCUT2D eigenvalue weighted by molar-refractivity contribution is -0.0782. The summed E-state index contributed by atoms with van der Waals surface area (Å²) in [6, 6.07) is 24.9. The number of H-pyrrole nitrogens is 1. The van der Waals surface area contributed by atoms with Crippen LogP contribution in [0.4, 0.5) is 4.39 Å². The summed E-state index contributed by atoms with van der Waals surface area (Å²) in [7, 11) is 1.54. The van der Waals surface area contributed by atoms with E-state index in [4.69, 9.17) is 14.2 Å². The zero-order valence-electron chi connectivity index (χ0n) is 20.3. The lowest BCUT2D eigenvalue weighted by Gasteiger charge is -2.37. The Morgan fingerprint density at radius 1 is 0.973 bits per heavy atom. The SMILES string of the molecule is COc1ccc(F)c(C(OC[C@@H]2CC[C@H](n3ccc(=O)[nH]c3=O)O2)(c2ccccc2)c2ccccc2)c1.